The van der Waals surface area contributed by atoms with Crippen molar-refractivity contribution in [1.82, 2.24) is 4.98 Å². The highest BCUT2D eigenvalue weighted by Gasteiger charge is 2.05. The Balaban J connectivity index is 1.92. The maximum absolute atomic E-state index is 4.49. The van der Waals surface area contributed by atoms with Crippen LogP contribution in [0.3, 0.4) is 0 Å². The highest BCUT2D eigenvalue weighted by atomic mass is 14.9. The lowest BCUT2D eigenvalue weighted by atomic mass is 10.0. The first-order chi connectivity index (χ1) is 10.2. The number of aromatic nitrogens is 1. The number of hydrogen-bond donors (Lipinski definition) is 1. The summed E-state index contributed by atoms with van der Waals surface area (Å²) in [5, 5.41) is 4.74. The standard InChI is InChI=1S/C19H20N2/c1-13-6-4-7-16(15(13)3)12-21-18-10-9-14(2)19-17(18)8-5-11-20-19/h4-11,21H,12H2,1-3H3. The number of aryl methyl sites for hydroxylation is 2. The molecule has 0 unspecified atom stereocenters. The maximum atomic E-state index is 4.49. The van der Waals surface area contributed by atoms with Gasteiger partial charge in [0.2, 0.25) is 0 Å². The quantitative estimate of drug-likeness (QED) is 0.745. The molecule has 3 aromatic rings. The summed E-state index contributed by atoms with van der Waals surface area (Å²) in [4.78, 5) is 4.49. The van der Waals surface area contributed by atoms with Crippen LogP contribution in [0.25, 0.3) is 10.9 Å². The van der Waals surface area contributed by atoms with Gasteiger partial charge in [-0.1, -0.05) is 24.3 Å². The zero-order chi connectivity index (χ0) is 14.8. The molecule has 106 valence electrons. The van der Waals surface area contributed by atoms with E-state index in [1.165, 1.54) is 27.6 Å². The zero-order valence-corrected chi connectivity index (χ0v) is 12.8. The Hall–Kier alpha value is -2.35. The lowest BCUT2D eigenvalue weighted by Gasteiger charge is -2.13. The number of rotatable bonds is 3. The number of nitrogens with zero attached hydrogens (tertiary/aromatic N) is 1. The Morgan fingerprint density at radius 1 is 0.905 bits per heavy atom. The van der Waals surface area contributed by atoms with E-state index in [-0.39, 0.29) is 0 Å². The van der Waals surface area contributed by atoms with Gasteiger partial charge < -0.3 is 5.32 Å². The van der Waals surface area contributed by atoms with Gasteiger partial charge in [0.15, 0.2) is 0 Å². The molecule has 3 rings (SSSR count). The zero-order valence-electron chi connectivity index (χ0n) is 12.8. The number of anilines is 1. The van der Waals surface area contributed by atoms with Gasteiger partial charge in [-0.05, 0) is 61.2 Å². The van der Waals surface area contributed by atoms with Crippen molar-refractivity contribution in [2.45, 2.75) is 27.3 Å². The first-order valence-electron chi connectivity index (χ1n) is 7.30. The molecule has 1 aromatic heterocycles. The third-order valence-electron chi connectivity index (χ3n) is 4.16. The molecule has 0 aliphatic heterocycles. The van der Waals surface area contributed by atoms with Gasteiger partial charge >= 0.3 is 0 Å². The minimum Gasteiger partial charge on any atom is -0.380 e. The van der Waals surface area contributed by atoms with E-state index in [2.05, 4.69) is 67.5 Å². The third-order valence-corrected chi connectivity index (χ3v) is 4.16. The molecule has 0 saturated carbocycles. The minimum atomic E-state index is 0.834. The van der Waals surface area contributed by atoms with Crippen LogP contribution in [-0.4, -0.2) is 4.98 Å². The molecule has 0 saturated heterocycles. The summed E-state index contributed by atoms with van der Waals surface area (Å²) in [6, 6.07) is 14.8. The van der Waals surface area contributed by atoms with Gasteiger partial charge in [-0.3, -0.25) is 4.98 Å². The van der Waals surface area contributed by atoms with E-state index in [1.54, 1.807) is 0 Å². The average molecular weight is 276 g/mol. The van der Waals surface area contributed by atoms with Crippen molar-refractivity contribution in [1.29, 1.82) is 0 Å². The molecule has 21 heavy (non-hydrogen) atoms. The van der Waals surface area contributed by atoms with Crippen LogP contribution in [0, 0.1) is 20.8 Å². The maximum Gasteiger partial charge on any atom is 0.0751 e. The van der Waals surface area contributed by atoms with Crippen LogP contribution in [0.4, 0.5) is 5.69 Å². The van der Waals surface area contributed by atoms with E-state index in [9.17, 15) is 0 Å². The fourth-order valence-corrected chi connectivity index (χ4v) is 2.66. The fourth-order valence-electron chi connectivity index (χ4n) is 2.66. The number of fused-ring (bicyclic) bond motifs is 1. The van der Waals surface area contributed by atoms with Crippen LogP contribution >= 0.6 is 0 Å². The number of hydrogen-bond acceptors (Lipinski definition) is 2. The SMILES string of the molecule is Cc1cccc(CNc2ccc(C)c3ncccc23)c1C. The second-order valence-electron chi connectivity index (χ2n) is 5.54. The molecule has 2 aromatic carbocycles. The van der Waals surface area contributed by atoms with Crippen LogP contribution in [0.15, 0.2) is 48.7 Å². The molecule has 2 heteroatoms. The van der Waals surface area contributed by atoms with E-state index in [0.29, 0.717) is 0 Å². The Kier molecular flexibility index (Phi) is 3.61. The summed E-state index contributed by atoms with van der Waals surface area (Å²) < 4.78 is 0. The molecule has 1 heterocycles. The van der Waals surface area contributed by atoms with E-state index < -0.39 is 0 Å². The topological polar surface area (TPSA) is 24.9 Å². The van der Waals surface area contributed by atoms with Gasteiger partial charge in [-0.15, -0.1) is 0 Å². The average Bonchev–Trinajstić information content (AvgIpc) is 2.51. The Morgan fingerprint density at radius 3 is 2.62 bits per heavy atom. The fraction of sp³-hybridized carbons (Fsp3) is 0.211. The molecular formula is C19H20N2. The van der Waals surface area contributed by atoms with Crippen molar-refractivity contribution in [3.63, 3.8) is 0 Å². The number of pyridine rings is 1. The molecule has 0 fully saturated rings. The number of benzene rings is 2. The minimum absolute atomic E-state index is 0.834. The van der Waals surface area contributed by atoms with Gasteiger partial charge in [-0.25, -0.2) is 0 Å². The van der Waals surface area contributed by atoms with Crippen molar-refractivity contribution in [2.24, 2.45) is 0 Å². The molecular weight excluding hydrogens is 256 g/mol. The van der Waals surface area contributed by atoms with Crippen molar-refractivity contribution in [2.75, 3.05) is 5.32 Å². The van der Waals surface area contributed by atoms with E-state index in [0.717, 1.165) is 17.7 Å². The van der Waals surface area contributed by atoms with E-state index >= 15 is 0 Å². The van der Waals surface area contributed by atoms with Crippen LogP contribution in [0.1, 0.15) is 22.3 Å². The lowest BCUT2D eigenvalue weighted by molar-refractivity contribution is 1.11. The Bertz CT molecular complexity index is 791. The van der Waals surface area contributed by atoms with Crippen molar-refractivity contribution >= 4 is 16.6 Å². The van der Waals surface area contributed by atoms with Crippen molar-refractivity contribution < 1.29 is 0 Å². The monoisotopic (exact) mass is 276 g/mol. The normalized spacial score (nSPS) is 10.8. The summed E-state index contributed by atoms with van der Waals surface area (Å²) in [7, 11) is 0. The highest BCUT2D eigenvalue weighted by molar-refractivity contribution is 5.93. The van der Waals surface area contributed by atoms with Crippen molar-refractivity contribution in [3.8, 4) is 0 Å². The van der Waals surface area contributed by atoms with Gasteiger partial charge in [-0.2, -0.15) is 0 Å². The summed E-state index contributed by atoms with van der Waals surface area (Å²) in [6.45, 7) is 7.27. The second-order valence-corrected chi connectivity index (χ2v) is 5.54. The molecule has 0 spiro atoms. The van der Waals surface area contributed by atoms with Gasteiger partial charge in [0, 0.05) is 23.8 Å². The molecule has 0 radical (unpaired) electrons. The molecule has 2 nitrogen and oxygen atoms in total. The summed E-state index contributed by atoms with van der Waals surface area (Å²) in [6.07, 6.45) is 1.85. The number of nitrogens with one attached hydrogen (secondary N) is 1. The summed E-state index contributed by atoms with van der Waals surface area (Å²) >= 11 is 0. The van der Waals surface area contributed by atoms with E-state index in [4.69, 9.17) is 0 Å². The van der Waals surface area contributed by atoms with Gasteiger partial charge in [0.1, 0.15) is 0 Å². The van der Waals surface area contributed by atoms with Crippen LogP contribution in [0.5, 0.6) is 0 Å². The second kappa shape index (κ2) is 5.57. The van der Waals surface area contributed by atoms with Crippen molar-refractivity contribution in [3.05, 3.63) is 70.9 Å². The van der Waals surface area contributed by atoms with Crippen LogP contribution in [-0.2, 0) is 6.54 Å². The van der Waals surface area contributed by atoms with Crippen LogP contribution in [0.2, 0.25) is 0 Å². The highest BCUT2D eigenvalue weighted by Crippen LogP contribution is 2.25. The summed E-state index contributed by atoms with van der Waals surface area (Å²) in [5.74, 6) is 0. The predicted molar refractivity (Wildman–Crippen MR) is 89.7 cm³/mol. The van der Waals surface area contributed by atoms with Gasteiger partial charge in [0.25, 0.3) is 0 Å². The largest absolute Gasteiger partial charge is 0.380 e. The molecule has 1 N–H and O–H groups in total. The van der Waals surface area contributed by atoms with E-state index in [1.807, 2.05) is 12.3 Å². The molecule has 0 atom stereocenters. The van der Waals surface area contributed by atoms with Gasteiger partial charge in [0.05, 0.1) is 5.52 Å². The Labute approximate surface area is 125 Å². The molecule has 0 bridgehead atoms. The van der Waals surface area contributed by atoms with Crippen LogP contribution < -0.4 is 5.32 Å². The summed E-state index contributed by atoms with van der Waals surface area (Å²) in [5.41, 5.74) is 7.47. The molecule has 0 aliphatic rings. The first-order valence-corrected chi connectivity index (χ1v) is 7.30. The smallest absolute Gasteiger partial charge is 0.0751 e. The third kappa shape index (κ3) is 2.62. The Morgan fingerprint density at radius 2 is 1.76 bits per heavy atom. The predicted octanol–water partition coefficient (Wildman–Crippen LogP) is 4.77. The molecule has 0 amide bonds. The first kappa shape index (κ1) is 13.6. The molecule has 0 aliphatic carbocycles. The lowest BCUT2D eigenvalue weighted by Crippen LogP contribution is -2.03.